The number of amides is 1. The van der Waals surface area contributed by atoms with Gasteiger partial charge in [0.25, 0.3) is 0 Å². The topological polar surface area (TPSA) is 60.9 Å². The van der Waals surface area contributed by atoms with Crippen molar-refractivity contribution >= 4 is 11.9 Å². The third kappa shape index (κ3) is 6.42. The first-order valence-corrected chi connectivity index (χ1v) is 9.57. The first kappa shape index (κ1) is 23.1. The molecule has 5 nitrogen and oxygen atoms in total. The number of carboxylic acid groups (broad SMARTS) is 1. The summed E-state index contributed by atoms with van der Waals surface area (Å²) in [5.41, 5.74) is 0.769. The maximum Gasteiger partial charge on any atom is 0.490 e. The number of hydrogen-bond acceptors (Lipinski definition) is 3. The summed E-state index contributed by atoms with van der Waals surface area (Å²) in [7, 11) is 0. The second-order valence-electron chi connectivity index (χ2n) is 7.80. The molecule has 3 rings (SSSR count). The Kier molecular flexibility index (Phi) is 7.62. The van der Waals surface area contributed by atoms with Crippen LogP contribution >= 0.6 is 0 Å². The number of likely N-dealkylation sites (tertiary alicyclic amines) is 2. The molecule has 29 heavy (non-hydrogen) atoms. The zero-order valence-corrected chi connectivity index (χ0v) is 16.5. The molecule has 0 saturated carbocycles. The van der Waals surface area contributed by atoms with Gasteiger partial charge in [-0.05, 0) is 36.5 Å². The standard InChI is InChI=1S/C18H25FN2O.C2HF3O2/c1-13(2)12-20-8-6-17-16(20)7-9-21(17)18(22)11-14-4-3-5-15(19)10-14;3-2(4,5)1(6)7/h3-5,10,13,16-17H,6-9,11-12H2,1-2H3;(H,6,7)/t16-,17+;/m0./s1. The first-order valence-electron chi connectivity index (χ1n) is 9.57. The van der Waals surface area contributed by atoms with E-state index in [1.54, 1.807) is 6.07 Å². The van der Waals surface area contributed by atoms with E-state index in [2.05, 4.69) is 18.7 Å². The predicted octanol–water partition coefficient (Wildman–Crippen LogP) is 3.33. The molecule has 0 bridgehead atoms. The highest BCUT2D eigenvalue weighted by atomic mass is 19.4. The number of rotatable bonds is 4. The molecule has 1 aromatic rings. The number of fused-ring (bicyclic) bond motifs is 1. The molecule has 0 aliphatic carbocycles. The van der Waals surface area contributed by atoms with E-state index >= 15 is 0 Å². The zero-order valence-electron chi connectivity index (χ0n) is 16.5. The van der Waals surface area contributed by atoms with Crippen LogP contribution in [0.1, 0.15) is 32.3 Å². The summed E-state index contributed by atoms with van der Waals surface area (Å²) in [6.07, 6.45) is -2.62. The van der Waals surface area contributed by atoms with Crippen LogP contribution in [0.2, 0.25) is 0 Å². The number of carbonyl (C=O) groups excluding carboxylic acids is 1. The quantitative estimate of drug-likeness (QED) is 0.762. The number of nitrogens with zero attached hydrogens (tertiary/aromatic N) is 2. The molecule has 1 N–H and O–H groups in total. The molecular formula is C20H26F4N2O3. The average molecular weight is 418 g/mol. The van der Waals surface area contributed by atoms with Crippen molar-refractivity contribution in [2.24, 2.45) is 5.92 Å². The average Bonchev–Trinajstić information content (AvgIpc) is 3.17. The summed E-state index contributed by atoms with van der Waals surface area (Å²) in [5.74, 6) is -2.22. The van der Waals surface area contributed by atoms with E-state index in [9.17, 15) is 22.4 Å². The highest BCUT2D eigenvalue weighted by Gasteiger charge is 2.44. The Morgan fingerprint density at radius 2 is 1.79 bits per heavy atom. The SMILES string of the molecule is CC(C)CN1CC[C@@H]2[C@@H]1CCN2C(=O)Cc1cccc(F)c1.O=C(O)C(F)(F)F. The van der Waals surface area contributed by atoms with Crippen molar-refractivity contribution in [1.29, 1.82) is 0 Å². The van der Waals surface area contributed by atoms with E-state index in [1.165, 1.54) is 12.1 Å². The van der Waals surface area contributed by atoms with Gasteiger partial charge in [0.1, 0.15) is 5.82 Å². The summed E-state index contributed by atoms with van der Waals surface area (Å²) in [6.45, 7) is 7.55. The van der Waals surface area contributed by atoms with E-state index in [4.69, 9.17) is 9.90 Å². The minimum Gasteiger partial charge on any atom is -0.475 e. The van der Waals surface area contributed by atoms with Crippen molar-refractivity contribution in [3.05, 3.63) is 35.6 Å². The fourth-order valence-corrected chi connectivity index (χ4v) is 4.00. The Labute approximate surface area is 167 Å². The fourth-order valence-electron chi connectivity index (χ4n) is 4.00. The molecule has 2 aliphatic heterocycles. The molecule has 2 atom stereocenters. The summed E-state index contributed by atoms with van der Waals surface area (Å²) < 4.78 is 45.0. The molecule has 0 radical (unpaired) electrons. The van der Waals surface area contributed by atoms with E-state index in [1.807, 2.05) is 11.0 Å². The molecule has 162 valence electrons. The molecule has 1 amide bonds. The molecule has 2 saturated heterocycles. The molecule has 0 unspecified atom stereocenters. The Hall–Kier alpha value is -2.16. The number of halogens is 4. The Bertz CT molecular complexity index is 724. The van der Waals surface area contributed by atoms with Gasteiger partial charge in [-0.3, -0.25) is 9.69 Å². The van der Waals surface area contributed by atoms with Gasteiger partial charge in [-0.1, -0.05) is 26.0 Å². The third-order valence-electron chi connectivity index (χ3n) is 5.10. The molecule has 1 aromatic carbocycles. The normalized spacial score (nSPS) is 21.7. The van der Waals surface area contributed by atoms with Gasteiger partial charge in [-0.2, -0.15) is 13.2 Å². The Balaban J connectivity index is 0.000000370. The summed E-state index contributed by atoms with van der Waals surface area (Å²) in [5, 5.41) is 7.12. The van der Waals surface area contributed by atoms with Crippen LogP contribution in [0.5, 0.6) is 0 Å². The number of alkyl halides is 3. The Morgan fingerprint density at radius 3 is 2.34 bits per heavy atom. The second kappa shape index (κ2) is 9.56. The van der Waals surface area contributed by atoms with Crippen LogP contribution in [0.4, 0.5) is 17.6 Å². The molecule has 2 fully saturated rings. The van der Waals surface area contributed by atoms with Crippen molar-refractivity contribution in [2.75, 3.05) is 19.6 Å². The van der Waals surface area contributed by atoms with E-state index in [0.717, 1.165) is 38.0 Å². The lowest BCUT2D eigenvalue weighted by atomic mass is 10.1. The van der Waals surface area contributed by atoms with Crippen LogP contribution in [0.3, 0.4) is 0 Å². The maximum atomic E-state index is 13.3. The summed E-state index contributed by atoms with van der Waals surface area (Å²) in [4.78, 5) is 26.1. The minimum absolute atomic E-state index is 0.143. The summed E-state index contributed by atoms with van der Waals surface area (Å²) >= 11 is 0. The van der Waals surface area contributed by atoms with Crippen LogP contribution < -0.4 is 0 Å². The van der Waals surface area contributed by atoms with Gasteiger partial charge in [0, 0.05) is 31.7 Å². The van der Waals surface area contributed by atoms with Crippen molar-refractivity contribution in [3.63, 3.8) is 0 Å². The lowest BCUT2D eigenvalue weighted by Crippen LogP contribution is -2.41. The number of carboxylic acids is 1. The van der Waals surface area contributed by atoms with Gasteiger partial charge in [0.15, 0.2) is 0 Å². The van der Waals surface area contributed by atoms with Crippen LogP contribution in [0, 0.1) is 11.7 Å². The molecule has 2 aliphatic rings. The van der Waals surface area contributed by atoms with Gasteiger partial charge < -0.3 is 10.0 Å². The molecule has 0 spiro atoms. The number of hydrogen-bond donors (Lipinski definition) is 1. The lowest BCUT2D eigenvalue weighted by molar-refractivity contribution is -0.192. The third-order valence-corrected chi connectivity index (χ3v) is 5.10. The van der Waals surface area contributed by atoms with Crippen LogP contribution in [0.25, 0.3) is 0 Å². The minimum atomic E-state index is -5.08. The highest BCUT2D eigenvalue weighted by molar-refractivity contribution is 5.79. The maximum absolute atomic E-state index is 13.3. The van der Waals surface area contributed by atoms with Gasteiger partial charge in [0.05, 0.1) is 6.42 Å². The number of aliphatic carboxylic acids is 1. The molecule has 0 aromatic heterocycles. The largest absolute Gasteiger partial charge is 0.490 e. The van der Waals surface area contributed by atoms with Gasteiger partial charge in [-0.25, -0.2) is 9.18 Å². The number of benzene rings is 1. The Morgan fingerprint density at radius 1 is 1.17 bits per heavy atom. The fraction of sp³-hybridized carbons (Fsp3) is 0.600. The van der Waals surface area contributed by atoms with Crippen molar-refractivity contribution in [2.45, 2.75) is 51.4 Å². The lowest BCUT2D eigenvalue weighted by Gasteiger charge is -2.26. The second-order valence-corrected chi connectivity index (χ2v) is 7.80. The van der Waals surface area contributed by atoms with Gasteiger partial charge in [-0.15, -0.1) is 0 Å². The van der Waals surface area contributed by atoms with E-state index in [0.29, 0.717) is 24.4 Å². The van der Waals surface area contributed by atoms with E-state index < -0.39 is 12.1 Å². The van der Waals surface area contributed by atoms with Crippen LogP contribution in [0.15, 0.2) is 24.3 Å². The van der Waals surface area contributed by atoms with E-state index in [-0.39, 0.29) is 11.7 Å². The predicted molar refractivity (Wildman–Crippen MR) is 98.7 cm³/mol. The zero-order chi connectivity index (χ0) is 21.8. The molecular weight excluding hydrogens is 392 g/mol. The smallest absolute Gasteiger partial charge is 0.475 e. The van der Waals surface area contributed by atoms with Crippen molar-refractivity contribution < 1.29 is 32.3 Å². The van der Waals surface area contributed by atoms with Crippen molar-refractivity contribution in [3.8, 4) is 0 Å². The molecule has 9 heteroatoms. The van der Waals surface area contributed by atoms with Crippen molar-refractivity contribution in [1.82, 2.24) is 9.80 Å². The first-order chi connectivity index (χ1) is 13.5. The van der Waals surface area contributed by atoms with Gasteiger partial charge >= 0.3 is 12.1 Å². The summed E-state index contributed by atoms with van der Waals surface area (Å²) in [6, 6.07) is 7.27. The van der Waals surface area contributed by atoms with Crippen LogP contribution in [-0.4, -0.2) is 64.7 Å². The van der Waals surface area contributed by atoms with Gasteiger partial charge in [0.2, 0.25) is 5.91 Å². The molecule has 2 heterocycles. The van der Waals surface area contributed by atoms with Crippen LogP contribution in [-0.2, 0) is 16.0 Å². The highest BCUT2D eigenvalue weighted by Crippen LogP contribution is 2.32. The number of carbonyl (C=O) groups is 2. The monoisotopic (exact) mass is 418 g/mol.